The fraction of sp³-hybridized carbons (Fsp3) is 0.200. The molecule has 5 heteroatoms. The van der Waals surface area contributed by atoms with E-state index in [0.29, 0.717) is 18.3 Å². The Morgan fingerprint density at radius 3 is 2.87 bits per heavy atom. The van der Waals surface area contributed by atoms with Crippen molar-refractivity contribution < 1.29 is 4.52 Å². The summed E-state index contributed by atoms with van der Waals surface area (Å²) < 4.78 is 5.99. The highest BCUT2D eigenvalue weighted by Gasteiger charge is 2.07. The lowest BCUT2D eigenvalue weighted by molar-refractivity contribution is 0.425. The highest BCUT2D eigenvalue weighted by atomic mass is 79.9. The third kappa shape index (κ3) is 2.36. The number of anilines is 1. The van der Waals surface area contributed by atoms with Gasteiger partial charge >= 0.3 is 6.01 Å². The predicted molar refractivity (Wildman–Crippen MR) is 60.8 cm³/mol. The largest absolute Gasteiger partial charge is 0.341 e. The van der Waals surface area contributed by atoms with Gasteiger partial charge in [-0.15, -0.1) is 0 Å². The van der Waals surface area contributed by atoms with Crippen molar-refractivity contribution in [2.24, 2.45) is 0 Å². The number of rotatable bonds is 3. The van der Waals surface area contributed by atoms with Gasteiger partial charge in [-0.1, -0.05) is 39.3 Å². The van der Waals surface area contributed by atoms with Gasteiger partial charge < -0.3 is 9.84 Å². The van der Waals surface area contributed by atoms with Crippen LogP contribution in [-0.2, 0) is 6.42 Å². The Morgan fingerprint density at radius 1 is 1.40 bits per heavy atom. The topological polar surface area (TPSA) is 51.0 Å². The summed E-state index contributed by atoms with van der Waals surface area (Å²) in [4.78, 5) is 4.16. The summed E-state index contributed by atoms with van der Waals surface area (Å²) in [6, 6.07) is 8.42. The lowest BCUT2D eigenvalue weighted by Crippen LogP contribution is -1.93. The van der Waals surface area contributed by atoms with E-state index in [1.807, 2.05) is 24.3 Å². The van der Waals surface area contributed by atoms with E-state index in [1.54, 1.807) is 7.05 Å². The van der Waals surface area contributed by atoms with E-state index in [2.05, 4.69) is 31.4 Å². The summed E-state index contributed by atoms with van der Waals surface area (Å²) in [7, 11) is 1.75. The van der Waals surface area contributed by atoms with Crippen LogP contribution in [0.3, 0.4) is 0 Å². The molecule has 2 aromatic rings. The predicted octanol–water partition coefficient (Wildman–Crippen LogP) is 2.46. The number of halogens is 1. The Labute approximate surface area is 95.8 Å². The minimum atomic E-state index is 0.442. The SMILES string of the molecule is CNc1nc(Cc2ccccc2Br)no1. The molecule has 0 saturated carbocycles. The van der Waals surface area contributed by atoms with Crippen molar-refractivity contribution in [2.45, 2.75) is 6.42 Å². The van der Waals surface area contributed by atoms with E-state index in [0.717, 1.165) is 10.0 Å². The molecule has 0 fully saturated rings. The second-order valence-electron chi connectivity index (χ2n) is 3.03. The number of hydrogen-bond donors (Lipinski definition) is 1. The first-order chi connectivity index (χ1) is 7.29. The lowest BCUT2D eigenvalue weighted by Gasteiger charge is -1.99. The molecule has 1 aromatic heterocycles. The first-order valence-electron chi connectivity index (χ1n) is 4.53. The quantitative estimate of drug-likeness (QED) is 0.929. The van der Waals surface area contributed by atoms with Gasteiger partial charge in [0.1, 0.15) is 0 Å². The zero-order valence-corrected chi connectivity index (χ0v) is 9.78. The maximum Gasteiger partial charge on any atom is 0.321 e. The molecule has 1 N–H and O–H groups in total. The van der Waals surface area contributed by atoms with Crippen LogP contribution in [0.25, 0.3) is 0 Å². The Hall–Kier alpha value is -1.36. The first kappa shape index (κ1) is 10.2. The normalized spacial score (nSPS) is 10.3. The van der Waals surface area contributed by atoms with Crippen molar-refractivity contribution in [3.05, 3.63) is 40.1 Å². The fourth-order valence-electron chi connectivity index (χ4n) is 1.24. The average Bonchev–Trinajstić information content (AvgIpc) is 2.69. The van der Waals surface area contributed by atoms with Gasteiger partial charge in [0.05, 0.1) is 0 Å². The molecule has 78 valence electrons. The van der Waals surface area contributed by atoms with Crippen LogP contribution < -0.4 is 5.32 Å². The van der Waals surface area contributed by atoms with Crippen LogP contribution in [-0.4, -0.2) is 17.2 Å². The molecule has 0 aliphatic carbocycles. The Bertz CT molecular complexity index is 455. The second-order valence-corrected chi connectivity index (χ2v) is 3.89. The Morgan fingerprint density at radius 2 is 2.20 bits per heavy atom. The summed E-state index contributed by atoms with van der Waals surface area (Å²) in [6.45, 7) is 0. The van der Waals surface area contributed by atoms with Crippen molar-refractivity contribution in [1.29, 1.82) is 0 Å². The molecular weight excluding hydrogens is 258 g/mol. The van der Waals surface area contributed by atoms with Crippen molar-refractivity contribution in [1.82, 2.24) is 10.1 Å². The molecule has 1 heterocycles. The molecule has 4 nitrogen and oxygen atoms in total. The van der Waals surface area contributed by atoms with Gasteiger partial charge in [-0.3, -0.25) is 0 Å². The standard InChI is InChI=1S/C10H10BrN3O/c1-12-10-13-9(14-15-10)6-7-4-2-3-5-8(7)11/h2-5H,6H2,1H3,(H,12,13,14). The summed E-state index contributed by atoms with van der Waals surface area (Å²) >= 11 is 3.48. The van der Waals surface area contributed by atoms with Crippen LogP contribution in [0.1, 0.15) is 11.4 Å². The molecule has 15 heavy (non-hydrogen) atoms. The van der Waals surface area contributed by atoms with Gasteiger partial charge in [0.15, 0.2) is 5.82 Å². The number of aromatic nitrogens is 2. The third-order valence-electron chi connectivity index (χ3n) is 1.99. The van der Waals surface area contributed by atoms with Gasteiger partial charge in [0.25, 0.3) is 0 Å². The molecule has 0 aliphatic heterocycles. The minimum absolute atomic E-state index is 0.442. The zero-order chi connectivity index (χ0) is 10.7. The summed E-state index contributed by atoms with van der Waals surface area (Å²) in [5, 5.41) is 6.65. The number of benzene rings is 1. The molecule has 0 radical (unpaired) electrons. The molecule has 0 unspecified atom stereocenters. The van der Waals surface area contributed by atoms with Crippen molar-refractivity contribution in [3.8, 4) is 0 Å². The van der Waals surface area contributed by atoms with Crippen LogP contribution in [0.5, 0.6) is 0 Å². The monoisotopic (exact) mass is 267 g/mol. The van der Waals surface area contributed by atoms with Gasteiger partial charge in [-0.25, -0.2) is 0 Å². The van der Waals surface area contributed by atoms with Crippen LogP contribution in [0.4, 0.5) is 6.01 Å². The molecule has 0 aliphatic rings. The Balaban J connectivity index is 2.18. The van der Waals surface area contributed by atoms with Crippen LogP contribution in [0, 0.1) is 0 Å². The Kier molecular flexibility index (Phi) is 3.01. The number of hydrogen-bond acceptors (Lipinski definition) is 4. The molecule has 0 spiro atoms. The van der Waals surface area contributed by atoms with Crippen molar-refractivity contribution in [2.75, 3.05) is 12.4 Å². The van der Waals surface area contributed by atoms with Crippen LogP contribution in [0.15, 0.2) is 33.3 Å². The van der Waals surface area contributed by atoms with Crippen molar-refractivity contribution in [3.63, 3.8) is 0 Å². The average molecular weight is 268 g/mol. The van der Waals surface area contributed by atoms with E-state index in [1.165, 1.54) is 0 Å². The maximum absolute atomic E-state index is 4.94. The first-order valence-corrected chi connectivity index (χ1v) is 5.32. The highest BCUT2D eigenvalue weighted by Crippen LogP contribution is 2.18. The van der Waals surface area contributed by atoms with E-state index in [4.69, 9.17) is 4.52 Å². The van der Waals surface area contributed by atoms with Gasteiger partial charge in [-0.2, -0.15) is 4.98 Å². The number of nitrogens with zero attached hydrogens (tertiary/aromatic N) is 2. The smallest absolute Gasteiger partial charge is 0.321 e. The lowest BCUT2D eigenvalue weighted by atomic mass is 10.1. The van der Waals surface area contributed by atoms with E-state index < -0.39 is 0 Å². The summed E-state index contributed by atoms with van der Waals surface area (Å²) in [6.07, 6.45) is 0.659. The third-order valence-corrected chi connectivity index (χ3v) is 2.76. The molecule has 2 rings (SSSR count). The second kappa shape index (κ2) is 4.44. The number of nitrogens with one attached hydrogen (secondary N) is 1. The van der Waals surface area contributed by atoms with E-state index in [9.17, 15) is 0 Å². The van der Waals surface area contributed by atoms with Crippen LogP contribution >= 0.6 is 15.9 Å². The highest BCUT2D eigenvalue weighted by molar-refractivity contribution is 9.10. The van der Waals surface area contributed by atoms with Crippen LogP contribution in [0.2, 0.25) is 0 Å². The van der Waals surface area contributed by atoms with E-state index in [-0.39, 0.29) is 0 Å². The molecule has 0 atom stereocenters. The van der Waals surface area contributed by atoms with Crippen molar-refractivity contribution >= 4 is 21.9 Å². The van der Waals surface area contributed by atoms with Gasteiger partial charge in [0, 0.05) is 17.9 Å². The maximum atomic E-state index is 4.94. The molecule has 0 amide bonds. The van der Waals surface area contributed by atoms with Gasteiger partial charge in [-0.05, 0) is 11.6 Å². The minimum Gasteiger partial charge on any atom is -0.341 e. The molecule has 0 bridgehead atoms. The summed E-state index contributed by atoms with van der Waals surface area (Å²) in [5.41, 5.74) is 1.14. The molecule has 1 aromatic carbocycles. The van der Waals surface area contributed by atoms with E-state index >= 15 is 0 Å². The van der Waals surface area contributed by atoms with Gasteiger partial charge in [0.2, 0.25) is 0 Å². The molecular formula is C10H10BrN3O. The molecule has 0 saturated heterocycles. The fourth-order valence-corrected chi connectivity index (χ4v) is 1.66. The summed E-state index contributed by atoms with van der Waals surface area (Å²) in [5.74, 6) is 0.672. The zero-order valence-electron chi connectivity index (χ0n) is 8.20.